The molecule has 110 valence electrons. The average molecular weight is 279 g/mol. The lowest BCUT2D eigenvalue weighted by molar-refractivity contribution is -0.141. The van der Waals surface area contributed by atoms with Crippen molar-refractivity contribution < 1.29 is 19.4 Å². The fourth-order valence-corrected chi connectivity index (χ4v) is 1.73. The summed E-state index contributed by atoms with van der Waals surface area (Å²) in [7, 11) is 0. The Hall–Kier alpha value is -1.88. The quantitative estimate of drug-likeness (QED) is 0.803. The van der Waals surface area contributed by atoms with Crippen LogP contribution in [0.1, 0.15) is 26.3 Å². The maximum atomic E-state index is 11.7. The standard InChI is InChI=1S/C15H21NO4/c1-4-20-11(3)14(17)16-13-7-5-12(6-8-13)9-10(2)15(18)19/h5-8,10-11H,4,9H2,1-3H3,(H,16,17)(H,18,19). The molecule has 1 aromatic carbocycles. The van der Waals surface area contributed by atoms with Crippen LogP contribution in [0.5, 0.6) is 0 Å². The summed E-state index contributed by atoms with van der Waals surface area (Å²) in [6.07, 6.45) is -0.0226. The zero-order chi connectivity index (χ0) is 15.1. The zero-order valence-electron chi connectivity index (χ0n) is 12.1. The van der Waals surface area contributed by atoms with Crippen LogP contribution in [0, 0.1) is 5.92 Å². The summed E-state index contributed by atoms with van der Waals surface area (Å²) in [5, 5.41) is 11.6. The van der Waals surface area contributed by atoms with Gasteiger partial charge in [0.25, 0.3) is 5.91 Å². The third-order valence-corrected chi connectivity index (χ3v) is 2.97. The molecule has 0 radical (unpaired) electrons. The Kier molecular flexibility index (Phi) is 6.18. The van der Waals surface area contributed by atoms with E-state index in [2.05, 4.69) is 5.32 Å². The SMILES string of the molecule is CCOC(C)C(=O)Nc1ccc(CC(C)C(=O)O)cc1. The van der Waals surface area contributed by atoms with Crippen molar-refractivity contribution >= 4 is 17.6 Å². The number of hydrogen-bond acceptors (Lipinski definition) is 3. The number of aliphatic carboxylic acids is 1. The molecule has 0 saturated heterocycles. The molecule has 0 aliphatic carbocycles. The molecule has 2 N–H and O–H groups in total. The number of rotatable bonds is 7. The summed E-state index contributed by atoms with van der Waals surface area (Å²) >= 11 is 0. The highest BCUT2D eigenvalue weighted by atomic mass is 16.5. The maximum absolute atomic E-state index is 11.7. The van der Waals surface area contributed by atoms with E-state index in [4.69, 9.17) is 9.84 Å². The lowest BCUT2D eigenvalue weighted by Gasteiger charge is -2.12. The van der Waals surface area contributed by atoms with Gasteiger partial charge in [0.1, 0.15) is 6.10 Å². The third-order valence-electron chi connectivity index (χ3n) is 2.97. The summed E-state index contributed by atoms with van der Waals surface area (Å²) in [5.41, 5.74) is 1.60. The molecule has 2 atom stereocenters. The van der Waals surface area contributed by atoms with Crippen LogP contribution in [0.15, 0.2) is 24.3 Å². The fraction of sp³-hybridized carbons (Fsp3) is 0.467. The number of ether oxygens (including phenoxy) is 1. The third kappa shape index (κ3) is 5.01. The molecule has 0 saturated carbocycles. The number of anilines is 1. The van der Waals surface area contributed by atoms with Gasteiger partial charge in [-0.3, -0.25) is 9.59 Å². The Bertz CT molecular complexity index is 455. The number of benzene rings is 1. The molecule has 5 nitrogen and oxygen atoms in total. The van der Waals surface area contributed by atoms with E-state index in [1.165, 1.54) is 0 Å². The van der Waals surface area contributed by atoms with E-state index in [0.717, 1.165) is 5.56 Å². The van der Waals surface area contributed by atoms with Crippen molar-refractivity contribution in [2.24, 2.45) is 5.92 Å². The Morgan fingerprint density at radius 3 is 2.35 bits per heavy atom. The van der Waals surface area contributed by atoms with Crippen molar-refractivity contribution in [2.45, 2.75) is 33.3 Å². The van der Waals surface area contributed by atoms with Gasteiger partial charge in [-0.2, -0.15) is 0 Å². The van der Waals surface area contributed by atoms with Crippen LogP contribution >= 0.6 is 0 Å². The van der Waals surface area contributed by atoms with Crippen molar-refractivity contribution in [2.75, 3.05) is 11.9 Å². The van der Waals surface area contributed by atoms with Crippen LogP contribution in [0.3, 0.4) is 0 Å². The Labute approximate surface area is 118 Å². The summed E-state index contributed by atoms with van der Waals surface area (Å²) < 4.78 is 5.20. The Balaban J connectivity index is 2.58. The van der Waals surface area contributed by atoms with Crippen LogP contribution in [-0.4, -0.2) is 29.7 Å². The number of amides is 1. The van der Waals surface area contributed by atoms with E-state index >= 15 is 0 Å². The number of hydrogen-bond donors (Lipinski definition) is 2. The molecule has 1 rings (SSSR count). The van der Waals surface area contributed by atoms with Crippen molar-refractivity contribution in [3.63, 3.8) is 0 Å². The minimum atomic E-state index is -0.812. The molecule has 0 aromatic heterocycles. The topological polar surface area (TPSA) is 75.6 Å². The maximum Gasteiger partial charge on any atom is 0.306 e. The molecule has 2 unspecified atom stereocenters. The summed E-state index contributed by atoms with van der Waals surface area (Å²) in [6.45, 7) is 5.69. The largest absolute Gasteiger partial charge is 0.481 e. The number of carboxylic acid groups (broad SMARTS) is 1. The van der Waals surface area contributed by atoms with Gasteiger partial charge in [-0.1, -0.05) is 19.1 Å². The van der Waals surface area contributed by atoms with E-state index in [-0.39, 0.29) is 5.91 Å². The first-order valence-electron chi connectivity index (χ1n) is 6.68. The summed E-state index contributed by atoms with van der Waals surface area (Å²) in [4.78, 5) is 22.5. The molecule has 0 aliphatic rings. The van der Waals surface area contributed by atoms with E-state index in [0.29, 0.717) is 18.7 Å². The van der Waals surface area contributed by atoms with Gasteiger partial charge in [0, 0.05) is 12.3 Å². The van der Waals surface area contributed by atoms with Crippen molar-refractivity contribution in [3.05, 3.63) is 29.8 Å². The predicted molar refractivity (Wildman–Crippen MR) is 76.7 cm³/mol. The van der Waals surface area contributed by atoms with Gasteiger partial charge in [0.05, 0.1) is 5.92 Å². The highest BCUT2D eigenvalue weighted by molar-refractivity contribution is 5.93. The van der Waals surface area contributed by atoms with E-state index in [1.807, 2.05) is 19.1 Å². The van der Waals surface area contributed by atoms with E-state index < -0.39 is 18.0 Å². The minimum absolute atomic E-state index is 0.196. The molecule has 0 aliphatic heterocycles. The Morgan fingerprint density at radius 2 is 1.85 bits per heavy atom. The molecule has 1 amide bonds. The molecular weight excluding hydrogens is 258 g/mol. The van der Waals surface area contributed by atoms with E-state index in [1.54, 1.807) is 26.0 Å². The number of carbonyl (C=O) groups excluding carboxylic acids is 1. The molecule has 20 heavy (non-hydrogen) atoms. The van der Waals surface area contributed by atoms with Crippen molar-refractivity contribution in [3.8, 4) is 0 Å². The van der Waals surface area contributed by atoms with Gasteiger partial charge in [0.2, 0.25) is 0 Å². The smallest absolute Gasteiger partial charge is 0.306 e. The first-order valence-corrected chi connectivity index (χ1v) is 6.68. The number of carboxylic acids is 1. The van der Waals surface area contributed by atoms with Crippen LogP contribution in [0.2, 0.25) is 0 Å². The second-order valence-corrected chi connectivity index (χ2v) is 4.73. The van der Waals surface area contributed by atoms with Gasteiger partial charge in [-0.25, -0.2) is 0 Å². The summed E-state index contributed by atoms with van der Waals surface area (Å²) in [6, 6.07) is 7.17. The van der Waals surface area contributed by atoms with Crippen LogP contribution in [0.25, 0.3) is 0 Å². The van der Waals surface area contributed by atoms with Gasteiger partial charge in [-0.05, 0) is 38.0 Å². The Morgan fingerprint density at radius 1 is 1.25 bits per heavy atom. The highest BCUT2D eigenvalue weighted by Crippen LogP contribution is 2.14. The predicted octanol–water partition coefficient (Wildman–Crippen LogP) is 2.31. The minimum Gasteiger partial charge on any atom is -0.481 e. The fourth-order valence-electron chi connectivity index (χ4n) is 1.73. The van der Waals surface area contributed by atoms with Gasteiger partial charge in [0.15, 0.2) is 0 Å². The lowest BCUT2D eigenvalue weighted by Crippen LogP contribution is -2.27. The molecule has 0 bridgehead atoms. The lowest BCUT2D eigenvalue weighted by atomic mass is 10.0. The van der Waals surface area contributed by atoms with Gasteiger partial charge < -0.3 is 15.2 Å². The molecular formula is C15H21NO4. The second-order valence-electron chi connectivity index (χ2n) is 4.73. The first-order chi connectivity index (χ1) is 9.43. The normalized spacial score (nSPS) is 13.6. The van der Waals surface area contributed by atoms with Gasteiger partial charge >= 0.3 is 5.97 Å². The van der Waals surface area contributed by atoms with Crippen LogP contribution in [0.4, 0.5) is 5.69 Å². The van der Waals surface area contributed by atoms with Gasteiger partial charge in [-0.15, -0.1) is 0 Å². The van der Waals surface area contributed by atoms with Crippen LogP contribution < -0.4 is 5.32 Å². The van der Waals surface area contributed by atoms with Crippen LogP contribution in [-0.2, 0) is 20.7 Å². The molecule has 0 fully saturated rings. The molecule has 0 heterocycles. The molecule has 0 spiro atoms. The van der Waals surface area contributed by atoms with Crippen molar-refractivity contribution in [1.29, 1.82) is 0 Å². The number of nitrogens with one attached hydrogen (secondary N) is 1. The number of carbonyl (C=O) groups is 2. The first kappa shape index (κ1) is 16.2. The second kappa shape index (κ2) is 7.65. The zero-order valence-corrected chi connectivity index (χ0v) is 12.1. The summed E-state index contributed by atoms with van der Waals surface area (Å²) in [5.74, 6) is -1.43. The average Bonchev–Trinajstić information content (AvgIpc) is 2.41. The van der Waals surface area contributed by atoms with Crippen molar-refractivity contribution in [1.82, 2.24) is 0 Å². The molecule has 1 aromatic rings. The monoisotopic (exact) mass is 279 g/mol. The van der Waals surface area contributed by atoms with E-state index in [9.17, 15) is 9.59 Å². The highest BCUT2D eigenvalue weighted by Gasteiger charge is 2.13. The molecule has 5 heteroatoms.